The fourth-order valence-corrected chi connectivity index (χ4v) is 3.90. The van der Waals surface area contributed by atoms with Gasteiger partial charge in [0.1, 0.15) is 11.9 Å². The van der Waals surface area contributed by atoms with Crippen LogP contribution in [-0.4, -0.2) is 44.9 Å². The van der Waals surface area contributed by atoms with Crippen molar-refractivity contribution in [2.24, 2.45) is 0 Å². The SMILES string of the molecule is CC(C)Oc1cccc([C@H](C)Nc2nc(OC3CCCNC3)nc3c(C(C)C)cnn23)c1. The van der Waals surface area contributed by atoms with Crippen LogP contribution in [0.15, 0.2) is 30.5 Å². The Bertz CT molecular complexity index is 1040. The van der Waals surface area contributed by atoms with Gasteiger partial charge in [-0.1, -0.05) is 26.0 Å². The molecule has 1 unspecified atom stereocenters. The Morgan fingerprint density at radius 3 is 2.72 bits per heavy atom. The Morgan fingerprint density at radius 1 is 1.16 bits per heavy atom. The van der Waals surface area contributed by atoms with Gasteiger partial charge < -0.3 is 20.1 Å². The highest BCUT2D eigenvalue weighted by Crippen LogP contribution is 2.27. The summed E-state index contributed by atoms with van der Waals surface area (Å²) in [5, 5.41) is 11.5. The van der Waals surface area contributed by atoms with E-state index in [2.05, 4.69) is 48.6 Å². The maximum Gasteiger partial charge on any atom is 0.322 e. The van der Waals surface area contributed by atoms with Crippen molar-refractivity contribution in [2.75, 3.05) is 18.4 Å². The molecule has 2 atom stereocenters. The molecule has 1 saturated heterocycles. The van der Waals surface area contributed by atoms with E-state index >= 15 is 0 Å². The molecule has 0 aliphatic carbocycles. The minimum Gasteiger partial charge on any atom is -0.491 e. The van der Waals surface area contributed by atoms with Crippen LogP contribution in [0.2, 0.25) is 0 Å². The van der Waals surface area contributed by atoms with E-state index in [1.807, 2.05) is 32.2 Å². The number of fused-ring (bicyclic) bond motifs is 1. The third-order valence-electron chi connectivity index (χ3n) is 5.60. The number of piperidine rings is 1. The lowest BCUT2D eigenvalue weighted by atomic mass is 10.1. The van der Waals surface area contributed by atoms with Gasteiger partial charge in [0, 0.05) is 12.1 Å². The van der Waals surface area contributed by atoms with E-state index in [0.29, 0.717) is 17.9 Å². The average molecular weight is 439 g/mol. The van der Waals surface area contributed by atoms with Crippen molar-refractivity contribution in [3.05, 3.63) is 41.6 Å². The number of hydrogen-bond donors (Lipinski definition) is 2. The normalized spacial score (nSPS) is 17.7. The molecule has 1 aliphatic heterocycles. The molecule has 1 aliphatic rings. The fraction of sp³-hybridized carbons (Fsp3) is 0.542. The van der Waals surface area contributed by atoms with Crippen LogP contribution in [0.3, 0.4) is 0 Å². The van der Waals surface area contributed by atoms with Gasteiger partial charge in [-0.15, -0.1) is 0 Å². The van der Waals surface area contributed by atoms with Gasteiger partial charge in [0.25, 0.3) is 0 Å². The second kappa shape index (κ2) is 9.73. The minimum absolute atomic E-state index is 0.0142. The molecule has 0 saturated carbocycles. The number of aromatic nitrogens is 4. The lowest BCUT2D eigenvalue weighted by Crippen LogP contribution is -2.37. The van der Waals surface area contributed by atoms with Crippen LogP contribution in [0.1, 0.15) is 70.5 Å². The Labute approximate surface area is 189 Å². The Balaban J connectivity index is 1.64. The monoisotopic (exact) mass is 438 g/mol. The summed E-state index contributed by atoms with van der Waals surface area (Å²) < 4.78 is 13.8. The van der Waals surface area contributed by atoms with Crippen LogP contribution in [-0.2, 0) is 0 Å². The van der Waals surface area contributed by atoms with Crippen LogP contribution in [0.5, 0.6) is 11.8 Å². The van der Waals surface area contributed by atoms with Gasteiger partial charge in [0.2, 0.25) is 5.95 Å². The minimum atomic E-state index is -0.0142. The third-order valence-corrected chi connectivity index (χ3v) is 5.60. The fourth-order valence-electron chi connectivity index (χ4n) is 3.90. The molecule has 8 nitrogen and oxygen atoms in total. The van der Waals surface area contributed by atoms with Crippen LogP contribution in [0.4, 0.5) is 5.95 Å². The first-order chi connectivity index (χ1) is 15.4. The first-order valence-corrected chi connectivity index (χ1v) is 11.6. The van der Waals surface area contributed by atoms with Gasteiger partial charge in [-0.3, -0.25) is 0 Å². The molecule has 0 radical (unpaired) electrons. The summed E-state index contributed by atoms with van der Waals surface area (Å²) in [6, 6.07) is 8.50. The average Bonchev–Trinajstić information content (AvgIpc) is 3.19. The van der Waals surface area contributed by atoms with E-state index < -0.39 is 0 Å². The van der Waals surface area contributed by atoms with Gasteiger partial charge in [-0.05, 0) is 63.8 Å². The van der Waals surface area contributed by atoms with Crippen molar-refractivity contribution in [1.29, 1.82) is 0 Å². The summed E-state index contributed by atoms with van der Waals surface area (Å²) in [6.07, 6.45) is 4.16. The molecule has 8 heteroatoms. The van der Waals surface area contributed by atoms with Gasteiger partial charge in [0.05, 0.1) is 18.3 Å². The van der Waals surface area contributed by atoms with Crippen molar-refractivity contribution in [1.82, 2.24) is 24.9 Å². The van der Waals surface area contributed by atoms with Crippen molar-refractivity contribution >= 4 is 11.6 Å². The largest absolute Gasteiger partial charge is 0.491 e. The molecule has 0 spiro atoms. The molecule has 32 heavy (non-hydrogen) atoms. The molecular formula is C24H34N6O2. The highest BCUT2D eigenvalue weighted by atomic mass is 16.5. The lowest BCUT2D eigenvalue weighted by molar-refractivity contribution is 0.153. The van der Waals surface area contributed by atoms with Crippen molar-refractivity contribution in [3.8, 4) is 11.8 Å². The summed E-state index contributed by atoms with van der Waals surface area (Å²) >= 11 is 0. The number of ether oxygens (including phenoxy) is 2. The van der Waals surface area contributed by atoms with Crippen LogP contribution in [0.25, 0.3) is 5.65 Å². The van der Waals surface area contributed by atoms with Crippen LogP contribution in [0, 0.1) is 0 Å². The summed E-state index contributed by atoms with van der Waals surface area (Å²) in [6.45, 7) is 12.3. The summed E-state index contributed by atoms with van der Waals surface area (Å²) in [7, 11) is 0. The zero-order chi connectivity index (χ0) is 22.7. The smallest absolute Gasteiger partial charge is 0.322 e. The number of hydrogen-bond acceptors (Lipinski definition) is 7. The lowest BCUT2D eigenvalue weighted by Gasteiger charge is -2.23. The molecule has 1 fully saturated rings. The zero-order valence-electron chi connectivity index (χ0n) is 19.6. The second-order valence-electron chi connectivity index (χ2n) is 9.01. The highest BCUT2D eigenvalue weighted by molar-refractivity contribution is 5.53. The highest BCUT2D eigenvalue weighted by Gasteiger charge is 2.21. The van der Waals surface area contributed by atoms with E-state index in [0.717, 1.165) is 48.5 Å². The first kappa shape index (κ1) is 22.3. The van der Waals surface area contributed by atoms with E-state index in [-0.39, 0.29) is 18.2 Å². The Hall–Kier alpha value is -2.87. The van der Waals surface area contributed by atoms with Gasteiger partial charge >= 0.3 is 6.01 Å². The van der Waals surface area contributed by atoms with E-state index in [9.17, 15) is 0 Å². The third kappa shape index (κ3) is 5.12. The summed E-state index contributed by atoms with van der Waals surface area (Å²) in [5.41, 5.74) is 2.95. The van der Waals surface area contributed by atoms with E-state index in [1.165, 1.54) is 0 Å². The Kier molecular flexibility index (Phi) is 6.79. The molecule has 0 amide bonds. The predicted octanol–water partition coefficient (Wildman–Crippen LogP) is 4.34. The molecule has 2 aromatic heterocycles. The maximum absolute atomic E-state index is 6.17. The van der Waals surface area contributed by atoms with Crippen molar-refractivity contribution in [2.45, 2.75) is 71.6 Å². The molecule has 3 aromatic rings. The second-order valence-corrected chi connectivity index (χ2v) is 9.01. The number of nitrogens with zero attached hydrogens (tertiary/aromatic N) is 4. The van der Waals surface area contributed by atoms with E-state index in [4.69, 9.17) is 19.4 Å². The molecule has 172 valence electrons. The summed E-state index contributed by atoms with van der Waals surface area (Å²) in [5.74, 6) is 1.76. The number of anilines is 1. The quantitative estimate of drug-likeness (QED) is 0.541. The number of nitrogens with one attached hydrogen (secondary N) is 2. The molecule has 3 heterocycles. The standard InChI is InChI=1S/C24H34N6O2/c1-15(2)21-14-26-30-22(21)28-24(32-20-10-7-11-25-13-20)29-23(30)27-17(5)18-8-6-9-19(12-18)31-16(3)4/h6,8-9,12,14-17,20,25H,7,10-11,13H2,1-5H3,(H,27,28,29)/t17-,20?/m0/s1. The first-order valence-electron chi connectivity index (χ1n) is 11.6. The molecule has 2 N–H and O–H groups in total. The summed E-state index contributed by atoms with van der Waals surface area (Å²) in [4.78, 5) is 9.42. The molecule has 1 aromatic carbocycles. The zero-order valence-corrected chi connectivity index (χ0v) is 19.6. The number of benzene rings is 1. The Morgan fingerprint density at radius 2 is 2.00 bits per heavy atom. The van der Waals surface area contributed by atoms with Gasteiger partial charge in [-0.2, -0.15) is 19.6 Å². The van der Waals surface area contributed by atoms with Gasteiger partial charge in [0.15, 0.2) is 5.65 Å². The maximum atomic E-state index is 6.17. The molecular weight excluding hydrogens is 404 g/mol. The van der Waals surface area contributed by atoms with Gasteiger partial charge in [-0.25, -0.2) is 0 Å². The number of rotatable bonds is 8. The van der Waals surface area contributed by atoms with Crippen LogP contribution >= 0.6 is 0 Å². The topological polar surface area (TPSA) is 85.6 Å². The van der Waals surface area contributed by atoms with E-state index in [1.54, 1.807) is 4.52 Å². The van der Waals surface area contributed by atoms with Crippen LogP contribution < -0.4 is 20.1 Å². The molecule has 4 rings (SSSR count). The van der Waals surface area contributed by atoms with Crippen molar-refractivity contribution < 1.29 is 9.47 Å². The predicted molar refractivity (Wildman–Crippen MR) is 126 cm³/mol. The molecule has 0 bridgehead atoms. The van der Waals surface area contributed by atoms with Crippen molar-refractivity contribution in [3.63, 3.8) is 0 Å².